The molecule has 1 N–H and O–H groups in total. The Hall–Kier alpha value is -3.15. The number of carbonyl (C=O) groups is 1. The highest BCUT2D eigenvalue weighted by atomic mass is 16.5. The molecular formula is C18H18N4O2. The summed E-state index contributed by atoms with van der Waals surface area (Å²) in [5.41, 5.74) is 2.53. The van der Waals surface area contributed by atoms with Crippen molar-refractivity contribution in [1.82, 2.24) is 20.3 Å². The Bertz CT molecular complexity index is 815. The fraction of sp³-hybridized carbons (Fsp3) is 0.167. The number of hydrogen-bond acceptors (Lipinski definition) is 4. The van der Waals surface area contributed by atoms with Crippen LogP contribution in [-0.4, -0.2) is 28.0 Å². The highest BCUT2D eigenvalue weighted by molar-refractivity contribution is 5.78. The Kier molecular flexibility index (Phi) is 4.86. The van der Waals surface area contributed by atoms with Crippen LogP contribution in [0, 0.1) is 0 Å². The zero-order chi connectivity index (χ0) is 16.8. The van der Waals surface area contributed by atoms with Crippen LogP contribution in [0.15, 0.2) is 60.8 Å². The smallest absolute Gasteiger partial charge is 0.224 e. The summed E-state index contributed by atoms with van der Waals surface area (Å²) in [5.74, 6) is 0.706. The van der Waals surface area contributed by atoms with E-state index >= 15 is 0 Å². The predicted molar refractivity (Wildman–Crippen MR) is 89.9 cm³/mol. The van der Waals surface area contributed by atoms with Crippen molar-refractivity contribution >= 4 is 5.91 Å². The van der Waals surface area contributed by atoms with Crippen molar-refractivity contribution < 1.29 is 9.53 Å². The third-order valence-corrected chi connectivity index (χ3v) is 3.53. The van der Waals surface area contributed by atoms with E-state index in [1.54, 1.807) is 18.0 Å². The maximum absolute atomic E-state index is 12.0. The summed E-state index contributed by atoms with van der Waals surface area (Å²) in [4.78, 5) is 12.0. The van der Waals surface area contributed by atoms with Crippen LogP contribution in [0.2, 0.25) is 0 Å². The quantitative estimate of drug-likeness (QED) is 0.755. The molecule has 0 atom stereocenters. The summed E-state index contributed by atoms with van der Waals surface area (Å²) in [6, 6.07) is 17.2. The van der Waals surface area contributed by atoms with Crippen molar-refractivity contribution in [3.8, 4) is 11.4 Å². The second kappa shape index (κ2) is 7.41. The van der Waals surface area contributed by atoms with E-state index in [0.29, 0.717) is 18.7 Å². The molecule has 1 amide bonds. The van der Waals surface area contributed by atoms with Gasteiger partial charge in [0.2, 0.25) is 5.91 Å². The van der Waals surface area contributed by atoms with E-state index in [-0.39, 0.29) is 5.91 Å². The van der Waals surface area contributed by atoms with Gasteiger partial charge in [0.1, 0.15) is 11.4 Å². The third-order valence-electron chi connectivity index (χ3n) is 3.53. The number of benzene rings is 2. The number of methoxy groups -OCH3 is 1. The minimum absolute atomic E-state index is 0.0443. The third kappa shape index (κ3) is 3.98. The first kappa shape index (κ1) is 15.7. The Morgan fingerprint density at radius 3 is 2.79 bits per heavy atom. The monoisotopic (exact) mass is 322 g/mol. The molecule has 0 radical (unpaired) electrons. The Morgan fingerprint density at radius 1 is 1.17 bits per heavy atom. The fourth-order valence-electron chi connectivity index (χ4n) is 2.29. The van der Waals surface area contributed by atoms with Crippen LogP contribution in [0.5, 0.6) is 5.75 Å². The van der Waals surface area contributed by atoms with Crippen LogP contribution in [0.3, 0.4) is 0 Å². The van der Waals surface area contributed by atoms with E-state index in [2.05, 4.69) is 15.6 Å². The fourth-order valence-corrected chi connectivity index (χ4v) is 2.29. The minimum Gasteiger partial charge on any atom is -0.497 e. The number of nitrogens with zero attached hydrogens (tertiary/aromatic N) is 3. The van der Waals surface area contributed by atoms with Gasteiger partial charge in [-0.15, -0.1) is 5.10 Å². The summed E-state index contributed by atoms with van der Waals surface area (Å²) in [5, 5.41) is 11.0. The van der Waals surface area contributed by atoms with E-state index in [1.165, 1.54) is 0 Å². The SMILES string of the molecule is COc1cccc(-n2cc(CNC(=O)Cc3ccccc3)nn2)c1. The second-order valence-corrected chi connectivity index (χ2v) is 5.30. The Balaban J connectivity index is 1.59. The summed E-state index contributed by atoms with van der Waals surface area (Å²) in [7, 11) is 1.62. The number of rotatable bonds is 6. The van der Waals surface area contributed by atoms with Gasteiger partial charge in [-0.3, -0.25) is 4.79 Å². The van der Waals surface area contributed by atoms with Crippen molar-refractivity contribution in [1.29, 1.82) is 0 Å². The van der Waals surface area contributed by atoms with E-state index < -0.39 is 0 Å². The van der Waals surface area contributed by atoms with E-state index in [0.717, 1.165) is 17.0 Å². The van der Waals surface area contributed by atoms with Crippen LogP contribution < -0.4 is 10.1 Å². The second-order valence-electron chi connectivity index (χ2n) is 5.30. The highest BCUT2D eigenvalue weighted by Gasteiger charge is 2.07. The Labute approximate surface area is 140 Å². The lowest BCUT2D eigenvalue weighted by Gasteiger charge is -2.04. The molecule has 0 bridgehead atoms. The zero-order valence-electron chi connectivity index (χ0n) is 13.3. The summed E-state index contributed by atoms with van der Waals surface area (Å²) in [6.07, 6.45) is 2.14. The first-order chi connectivity index (χ1) is 11.7. The van der Waals surface area contributed by atoms with Crippen molar-refractivity contribution in [3.63, 3.8) is 0 Å². The number of nitrogens with one attached hydrogen (secondary N) is 1. The maximum Gasteiger partial charge on any atom is 0.224 e. The van der Waals surface area contributed by atoms with Gasteiger partial charge in [-0.05, 0) is 17.7 Å². The average Bonchev–Trinajstić information content (AvgIpc) is 3.10. The van der Waals surface area contributed by atoms with Gasteiger partial charge in [-0.1, -0.05) is 41.6 Å². The van der Waals surface area contributed by atoms with Crippen LogP contribution in [-0.2, 0) is 17.8 Å². The molecule has 1 heterocycles. The molecule has 1 aromatic heterocycles. The molecule has 3 rings (SSSR count). The van der Waals surface area contributed by atoms with Gasteiger partial charge in [0.05, 0.1) is 32.0 Å². The lowest BCUT2D eigenvalue weighted by Crippen LogP contribution is -2.24. The first-order valence-electron chi connectivity index (χ1n) is 7.61. The molecular weight excluding hydrogens is 304 g/mol. The van der Waals surface area contributed by atoms with E-state index in [9.17, 15) is 4.79 Å². The molecule has 24 heavy (non-hydrogen) atoms. The van der Waals surface area contributed by atoms with Gasteiger partial charge < -0.3 is 10.1 Å². The molecule has 0 aliphatic carbocycles. The van der Waals surface area contributed by atoms with Crippen molar-refractivity contribution in [2.75, 3.05) is 7.11 Å². The minimum atomic E-state index is -0.0443. The van der Waals surface area contributed by atoms with Gasteiger partial charge >= 0.3 is 0 Å². The number of amides is 1. The normalized spacial score (nSPS) is 10.4. The van der Waals surface area contributed by atoms with Gasteiger partial charge in [0, 0.05) is 6.07 Å². The number of hydrogen-bond donors (Lipinski definition) is 1. The lowest BCUT2D eigenvalue weighted by atomic mass is 10.1. The summed E-state index contributed by atoms with van der Waals surface area (Å²) in [6.45, 7) is 0.343. The standard InChI is InChI=1S/C18H18N4O2/c1-24-17-9-5-8-16(11-17)22-13-15(20-21-22)12-19-18(23)10-14-6-3-2-4-7-14/h2-9,11,13H,10,12H2,1H3,(H,19,23). The van der Waals surface area contributed by atoms with Crippen LogP contribution in [0.4, 0.5) is 0 Å². The summed E-state index contributed by atoms with van der Waals surface area (Å²) >= 11 is 0. The van der Waals surface area contributed by atoms with Gasteiger partial charge in [0.15, 0.2) is 0 Å². The van der Waals surface area contributed by atoms with Crippen molar-refractivity contribution in [3.05, 3.63) is 72.1 Å². The zero-order valence-corrected chi connectivity index (χ0v) is 13.3. The molecule has 0 saturated heterocycles. The maximum atomic E-state index is 12.0. The number of aromatic nitrogens is 3. The lowest BCUT2D eigenvalue weighted by molar-refractivity contribution is -0.120. The average molecular weight is 322 g/mol. The molecule has 6 heteroatoms. The first-order valence-corrected chi connectivity index (χ1v) is 7.61. The molecule has 2 aromatic carbocycles. The molecule has 0 aliphatic heterocycles. The molecule has 0 fully saturated rings. The highest BCUT2D eigenvalue weighted by Crippen LogP contribution is 2.15. The molecule has 122 valence electrons. The van der Waals surface area contributed by atoms with Crippen molar-refractivity contribution in [2.24, 2.45) is 0 Å². The molecule has 3 aromatic rings. The largest absolute Gasteiger partial charge is 0.497 e. The molecule has 0 spiro atoms. The topological polar surface area (TPSA) is 69.0 Å². The molecule has 0 aliphatic rings. The summed E-state index contributed by atoms with van der Waals surface area (Å²) < 4.78 is 6.85. The molecule has 6 nitrogen and oxygen atoms in total. The van der Waals surface area contributed by atoms with E-state index in [4.69, 9.17) is 4.74 Å². The molecule has 0 unspecified atom stereocenters. The molecule has 0 saturated carbocycles. The number of ether oxygens (including phenoxy) is 1. The van der Waals surface area contributed by atoms with Gasteiger partial charge in [0.25, 0.3) is 0 Å². The predicted octanol–water partition coefficient (Wildman–Crippen LogP) is 2.13. The van der Waals surface area contributed by atoms with Crippen LogP contribution >= 0.6 is 0 Å². The Morgan fingerprint density at radius 2 is 2.00 bits per heavy atom. The van der Waals surface area contributed by atoms with E-state index in [1.807, 2.05) is 54.6 Å². The number of carbonyl (C=O) groups excluding carboxylic acids is 1. The van der Waals surface area contributed by atoms with Crippen LogP contribution in [0.1, 0.15) is 11.3 Å². The van der Waals surface area contributed by atoms with Crippen molar-refractivity contribution in [2.45, 2.75) is 13.0 Å². The van der Waals surface area contributed by atoms with Gasteiger partial charge in [-0.25, -0.2) is 4.68 Å². The van der Waals surface area contributed by atoms with Gasteiger partial charge in [-0.2, -0.15) is 0 Å². The van der Waals surface area contributed by atoms with Crippen LogP contribution in [0.25, 0.3) is 5.69 Å².